The van der Waals surface area contributed by atoms with Crippen LogP contribution in [0.1, 0.15) is 31.7 Å². The van der Waals surface area contributed by atoms with E-state index in [4.69, 9.17) is 10.8 Å². The predicted octanol–water partition coefficient (Wildman–Crippen LogP) is 1.91. The Morgan fingerprint density at radius 3 is 2.81 bits per heavy atom. The standard InChI is InChI=1S/C16H22N2O3/c1-11-9-13(16(20)21)7-8-18(11)15(19)6-5-12-3-2-4-14(17)10-12/h2-4,10-11,13H,5-9,17H2,1H3,(H,20,21). The van der Waals surface area contributed by atoms with Crippen LogP contribution in [0.3, 0.4) is 0 Å². The molecule has 0 bridgehead atoms. The van der Waals surface area contributed by atoms with Crippen LogP contribution < -0.4 is 5.73 Å². The van der Waals surface area contributed by atoms with Gasteiger partial charge in [-0.3, -0.25) is 9.59 Å². The molecule has 1 aliphatic heterocycles. The summed E-state index contributed by atoms with van der Waals surface area (Å²) in [7, 11) is 0. The van der Waals surface area contributed by atoms with Crippen molar-refractivity contribution >= 4 is 17.6 Å². The normalized spacial score (nSPS) is 22.0. The van der Waals surface area contributed by atoms with Crippen molar-refractivity contribution in [3.63, 3.8) is 0 Å². The van der Waals surface area contributed by atoms with Gasteiger partial charge in [0.15, 0.2) is 0 Å². The third-order valence-electron chi connectivity index (χ3n) is 4.12. The molecule has 0 aromatic heterocycles. The van der Waals surface area contributed by atoms with Gasteiger partial charge in [0.1, 0.15) is 0 Å². The molecule has 0 spiro atoms. The second-order valence-electron chi connectivity index (χ2n) is 5.74. The van der Waals surface area contributed by atoms with Gasteiger partial charge in [-0.15, -0.1) is 0 Å². The van der Waals surface area contributed by atoms with Gasteiger partial charge in [0.25, 0.3) is 0 Å². The maximum absolute atomic E-state index is 12.3. The average molecular weight is 290 g/mol. The third-order valence-corrected chi connectivity index (χ3v) is 4.12. The van der Waals surface area contributed by atoms with Gasteiger partial charge in [0.2, 0.25) is 5.91 Å². The highest BCUT2D eigenvalue weighted by molar-refractivity contribution is 5.77. The summed E-state index contributed by atoms with van der Waals surface area (Å²) in [6.45, 7) is 2.46. The molecule has 2 rings (SSSR count). The van der Waals surface area contributed by atoms with Crippen molar-refractivity contribution < 1.29 is 14.7 Å². The molecule has 1 saturated heterocycles. The lowest BCUT2D eigenvalue weighted by molar-refractivity contribution is -0.147. The number of rotatable bonds is 4. The lowest BCUT2D eigenvalue weighted by Gasteiger charge is -2.36. The number of hydrogen-bond acceptors (Lipinski definition) is 3. The van der Waals surface area contributed by atoms with Gasteiger partial charge in [-0.2, -0.15) is 0 Å². The van der Waals surface area contributed by atoms with Crippen LogP contribution in [0.2, 0.25) is 0 Å². The first-order chi connectivity index (χ1) is 9.97. The molecule has 1 aromatic carbocycles. The van der Waals surface area contributed by atoms with E-state index in [-0.39, 0.29) is 17.9 Å². The maximum atomic E-state index is 12.3. The molecule has 2 atom stereocenters. The second kappa shape index (κ2) is 6.61. The number of carboxylic acids is 1. The predicted molar refractivity (Wildman–Crippen MR) is 80.7 cm³/mol. The van der Waals surface area contributed by atoms with Crippen LogP contribution in [0.25, 0.3) is 0 Å². The number of piperidine rings is 1. The van der Waals surface area contributed by atoms with Crippen molar-refractivity contribution in [2.24, 2.45) is 5.92 Å². The maximum Gasteiger partial charge on any atom is 0.306 e. The number of amides is 1. The number of hydrogen-bond donors (Lipinski definition) is 2. The molecule has 3 N–H and O–H groups in total. The molecule has 1 fully saturated rings. The zero-order valence-electron chi connectivity index (χ0n) is 12.3. The zero-order valence-corrected chi connectivity index (χ0v) is 12.3. The quantitative estimate of drug-likeness (QED) is 0.830. The van der Waals surface area contributed by atoms with E-state index in [2.05, 4.69) is 0 Å². The minimum Gasteiger partial charge on any atom is -0.481 e. The van der Waals surface area contributed by atoms with Gasteiger partial charge in [0.05, 0.1) is 5.92 Å². The van der Waals surface area contributed by atoms with Crippen LogP contribution in [0.5, 0.6) is 0 Å². The molecular formula is C16H22N2O3. The third kappa shape index (κ3) is 3.97. The Hall–Kier alpha value is -2.04. The molecule has 21 heavy (non-hydrogen) atoms. The first kappa shape index (κ1) is 15.4. The molecular weight excluding hydrogens is 268 g/mol. The van der Waals surface area contributed by atoms with E-state index >= 15 is 0 Å². The van der Waals surface area contributed by atoms with Crippen LogP contribution in [0.4, 0.5) is 5.69 Å². The summed E-state index contributed by atoms with van der Waals surface area (Å²) in [6.07, 6.45) is 2.18. The molecule has 1 aromatic rings. The highest BCUT2D eigenvalue weighted by Gasteiger charge is 2.31. The van der Waals surface area contributed by atoms with Gasteiger partial charge in [-0.05, 0) is 43.9 Å². The number of aliphatic carboxylic acids is 1. The first-order valence-electron chi connectivity index (χ1n) is 7.34. The summed E-state index contributed by atoms with van der Waals surface area (Å²) in [5, 5.41) is 9.04. The number of benzene rings is 1. The molecule has 114 valence electrons. The molecule has 0 aliphatic carbocycles. The fourth-order valence-corrected chi connectivity index (χ4v) is 2.91. The Kier molecular flexibility index (Phi) is 4.83. The van der Waals surface area contributed by atoms with Crippen molar-refractivity contribution in [2.75, 3.05) is 12.3 Å². The Morgan fingerprint density at radius 1 is 1.43 bits per heavy atom. The van der Waals surface area contributed by atoms with Crippen molar-refractivity contribution in [1.82, 2.24) is 4.90 Å². The number of nitrogens with zero attached hydrogens (tertiary/aromatic N) is 1. The fraction of sp³-hybridized carbons (Fsp3) is 0.500. The monoisotopic (exact) mass is 290 g/mol. The summed E-state index contributed by atoms with van der Waals surface area (Å²) in [5.41, 5.74) is 7.48. The lowest BCUT2D eigenvalue weighted by atomic mass is 9.91. The van der Waals surface area contributed by atoms with E-state index in [1.165, 1.54) is 0 Å². The SMILES string of the molecule is CC1CC(C(=O)O)CCN1C(=O)CCc1cccc(N)c1. The fourth-order valence-electron chi connectivity index (χ4n) is 2.91. The molecule has 0 saturated carbocycles. The average Bonchev–Trinajstić information content (AvgIpc) is 2.44. The van der Waals surface area contributed by atoms with Crippen molar-refractivity contribution in [2.45, 2.75) is 38.6 Å². The van der Waals surface area contributed by atoms with Crippen LogP contribution >= 0.6 is 0 Å². The Bertz CT molecular complexity index is 530. The van der Waals surface area contributed by atoms with Gasteiger partial charge < -0.3 is 15.7 Å². The minimum atomic E-state index is -0.756. The molecule has 2 unspecified atom stereocenters. The Morgan fingerprint density at radius 2 is 2.19 bits per heavy atom. The van der Waals surface area contributed by atoms with Crippen LogP contribution in [0.15, 0.2) is 24.3 Å². The Balaban J connectivity index is 1.88. The number of aryl methyl sites for hydroxylation is 1. The number of anilines is 1. The topological polar surface area (TPSA) is 83.6 Å². The van der Waals surface area contributed by atoms with E-state index in [9.17, 15) is 9.59 Å². The van der Waals surface area contributed by atoms with E-state index in [1.54, 1.807) is 0 Å². The molecule has 5 heteroatoms. The summed E-state index contributed by atoms with van der Waals surface area (Å²) < 4.78 is 0. The second-order valence-corrected chi connectivity index (χ2v) is 5.74. The number of carbonyl (C=O) groups is 2. The highest BCUT2D eigenvalue weighted by Crippen LogP contribution is 2.24. The first-order valence-corrected chi connectivity index (χ1v) is 7.34. The molecule has 1 amide bonds. The summed E-state index contributed by atoms with van der Waals surface area (Å²) in [5.74, 6) is -0.986. The Labute approximate surface area is 124 Å². The smallest absolute Gasteiger partial charge is 0.306 e. The zero-order chi connectivity index (χ0) is 15.4. The van der Waals surface area contributed by atoms with Crippen molar-refractivity contribution in [3.05, 3.63) is 29.8 Å². The summed E-state index contributed by atoms with van der Waals surface area (Å²) in [4.78, 5) is 25.1. The van der Waals surface area contributed by atoms with Crippen molar-refractivity contribution in [1.29, 1.82) is 0 Å². The van der Waals surface area contributed by atoms with Gasteiger partial charge >= 0.3 is 5.97 Å². The molecule has 0 radical (unpaired) electrons. The van der Waals surface area contributed by atoms with Gasteiger partial charge in [-0.1, -0.05) is 12.1 Å². The number of carboxylic acid groups (broad SMARTS) is 1. The summed E-state index contributed by atoms with van der Waals surface area (Å²) in [6, 6.07) is 7.55. The van der Waals surface area contributed by atoms with Gasteiger partial charge in [0, 0.05) is 24.7 Å². The number of carbonyl (C=O) groups excluding carboxylic acids is 1. The van der Waals surface area contributed by atoms with Crippen LogP contribution in [0, 0.1) is 5.92 Å². The van der Waals surface area contributed by atoms with Gasteiger partial charge in [-0.25, -0.2) is 0 Å². The van der Waals surface area contributed by atoms with E-state index in [1.807, 2.05) is 36.1 Å². The molecule has 5 nitrogen and oxygen atoms in total. The minimum absolute atomic E-state index is 0.00630. The van der Waals surface area contributed by atoms with E-state index in [0.29, 0.717) is 37.9 Å². The number of nitrogens with two attached hydrogens (primary N) is 1. The number of nitrogen functional groups attached to an aromatic ring is 1. The molecule has 1 heterocycles. The van der Waals surface area contributed by atoms with Crippen LogP contribution in [-0.4, -0.2) is 34.5 Å². The van der Waals surface area contributed by atoms with E-state index < -0.39 is 5.97 Å². The molecule has 1 aliphatic rings. The largest absolute Gasteiger partial charge is 0.481 e. The van der Waals surface area contributed by atoms with Crippen molar-refractivity contribution in [3.8, 4) is 0 Å². The lowest BCUT2D eigenvalue weighted by Crippen LogP contribution is -2.46. The number of likely N-dealkylation sites (tertiary alicyclic amines) is 1. The highest BCUT2D eigenvalue weighted by atomic mass is 16.4. The van der Waals surface area contributed by atoms with E-state index in [0.717, 1.165) is 5.56 Å². The van der Waals surface area contributed by atoms with Crippen LogP contribution in [-0.2, 0) is 16.0 Å². The summed E-state index contributed by atoms with van der Waals surface area (Å²) >= 11 is 0.